The Morgan fingerprint density at radius 1 is 0.400 bits per heavy atom. The standard InChI is InChI=1S/C60H57BN4/c1-57(2,3)36-22-24-48-41(28-36)43-30-38(59(7,8)9)32-45-54(43)64(48)50-26-35(56-62-47-21-17-16-20-40(47)53(63-56)34-18-14-13-15-19-34)27-51-52(50)61(45)46-33-39(60(10,11)12)31-44-42-29-37(58(4,5)6)23-25-49(42)65(51)55(44)46/h13-33H,1-12H3. The molecule has 0 aliphatic carbocycles. The lowest BCUT2D eigenvalue weighted by Gasteiger charge is -2.35. The van der Waals surface area contributed by atoms with Crippen LogP contribution in [-0.4, -0.2) is 25.8 Å². The number of fused-ring (bicyclic) bond motifs is 11. The van der Waals surface area contributed by atoms with Crippen molar-refractivity contribution >= 4 is 77.6 Å². The summed E-state index contributed by atoms with van der Waals surface area (Å²) in [5, 5.41) is 6.31. The van der Waals surface area contributed by atoms with Crippen LogP contribution in [0.3, 0.4) is 0 Å². The summed E-state index contributed by atoms with van der Waals surface area (Å²) in [4.78, 5) is 10.9. The highest BCUT2D eigenvalue weighted by Crippen LogP contribution is 2.44. The van der Waals surface area contributed by atoms with Gasteiger partial charge in [-0.05, 0) is 115 Å². The first kappa shape index (κ1) is 40.1. The van der Waals surface area contributed by atoms with Crippen LogP contribution < -0.4 is 16.4 Å². The fourth-order valence-corrected chi connectivity index (χ4v) is 11.0. The average molecular weight is 845 g/mol. The molecule has 12 rings (SSSR count). The van der Waals surface area contributed by atoms with Crippen molar-refractivity contribution < 1.29 is 0 Å². The second-order valence-electron chi connectivity index (χ2n) is 23.2. The molecule has 320 valence electrons. The second-order valence-corrected chi connectivity index (χ2v) is 23.2. The van der Waals surface area contributed by atoms with Gasteiger partial charge in [0, 0.05) is 60.5 Å². The maximum atomic E-state index is 5.51. The van der Waals surface area contributed by atoms with Crippen LogP contribution >= 0.6 is 0 Å². The minimum atomic E-state index is -0.0624. The number of aromatic nitrogens is 4. The van der Waals surface area contributed by atoms with Gasteiger partial charge in [0.2, 0.25) is 0 Å². The molecule has 0 saturated carbocycles. The zero-order valence-corrected chi connectivity index (χ0v) is 40.0. The van der Waals surface area contributed by atoms with Crippen molar-refractivity contribution in [2.75, 3.05) is 0 Å². The molecule has 0 bridgehead atoms. The molecule has 5 heteroatoms. The molecule has 4 nitrogen and oxygen atoms in total. The molecule has 0 fully saturated rings. The van der Waals surface area contributed by atoms with E-state index in [9.17, 15) is 0 Å². The van der Waals surface area contributed by atoms with Gasteiger partial charge in [0.25, 0.3) is 6.71 Å². The molecule has 0 radical (unpaired) electrons. The third kappa shape index (κ3) is 5.83. The van der Waals surface area contributed by atoms with Gasteiger partial charge in [0.15, 0.2) is 5.82 Å². The molecule has 0 amide bonds. The van der Waals surface area contributed by atoms with Crippen molar-refractivity contribution in [3.05, 3.63) is 150 Å². The average Bonchev–Trinajstić information content (AvgIpc) is 3.78. The van der Waals surface area contributed by atoms with E-state index in [1.54, 1.807) is 0 Å². The van der Waals surface area contributed by atoms with Crippen molar-refractivity contribution in [1.82, 2.24) is 19.1 Å². The van der Waals surface area contributed by atoms with Gasteiger partial charge in [0.1, 0.15) is 0 Å². The highest BCUT2D eigenvalue weighted by molar-refractivity contribution is 7.00. The molecule has 10 aromatic rings. The number of para-hydroxylation sites is 1. The van der Waals surface area contributed by atoms with Crippen LogP contribution in [0.25, 0.3) is 88.5 Å². The first-order chi connectivity index (χ1) is 30.8. The Labute approximate surface area is 383 Å². The lowest BCUT2D eigenvalue weighted by Crippen LogP contribution is -2.59. The third-order valence-electron chi connectivity index (χ3n) is 14.7. The third-order valence-corrected chi connectivity index (χ3v) is 14.7. The van der Waals surface area contributed by atoms with E-state index in [0.29, 0.717) is 0 Å². The number of nitrogens with zero attached hydrogens (tertiary/aromatic N) is 4. The van der Waals surface area contributed by atoms with Gasteiger partial charge in [-0.25, -0.2) is 9.97 Å². The molecule has 0 atom stereocenters. The van der Waals surface area contributed by atoms with E-state index in [4.69, 9.17) is 9.97 Å². The molecule has 65 heavy (non-hydrogen) atoms. The largest absolute Gasteiger partial charge is 0.310 e. The van der Waals surface area contributed by atoms with E-state index in [2.05, 4.69) is 220 Å². The quantitative estimate of drug-likeness (QED) is 0.163. The smallest absolute Gasteiger partial charge is 0.252 e. The van der Waals surface area contributed by atoms with Crippen molar-refractivity contribution in [1.29, 1.82) is 0 Å². The van der Waals surface area contributed by atoms with Crippen LogP contribution in [-0.2, 0) is 21.7 Å². The summed E-state index contributed by atoms with van der Waals surface area (Å²) in [6.07, 6.45) is 0. The normalized spacial score (nSPS) is 13.8. The Hall–Kier alpha value is -6.46. The first-order valence-electron chi connectivity index (χ1n) is 23.5. The lowest BCUT2D eigenvalue weighted by molar-refractivity contribution is 0.590. The monoisotopic (exact) mass is 844 g/mol. The van der Waals surface area contributed by atoms with Crippen molar-refractivity contribution in [3.63, 3.8) is 0 Å². The Bertz CT molecular complexity index is 3510. The van der Waals surface area contributed by atoms with E-state index in [1.165, 1.54) is 93.6 Å². The summed E-state index contributed by atoms with van der Waals surface area (Å²) in [6, 6.07) is 48.5. The molecular formula is C60H57BN4. The lowest BCUT2D eigenvalue weighted by atomic mass is 9.34. The Kier molecular flexibility index (Phi) is 8.07. The number of rotatable bonds is 2. The fourth-order valence-electron chi connectivity index (χ4n) is 11.0. The number of benzene rings is 7. The SMILES string of the molecule is CC(C)(C)c1ccc2c(c1)c1cc(C(C)(C)C)cc3c1n2-c1cc(-c2nc(-c4ccccc4)c4ccccc4n2)cc2c1B3c1cc(C(C)(C)C)cc3c4cc(C(C)(C)C)ccc4n-2c13. The summed E-state index contributed by atoms with van der Waals surface area (Å²) >= 11 is 0. The highest BCUT2D eigenvalue weighted by atomic mass is 15.0. The summed E-state index contributed by atoms with van der Waals surface area (Å²) < 4.78 is 5.21. The van der Waals surface area contributed by atoms with Crippen molar-refractivity contribution in [3.8, 4) is 34.0 Å². The van der Waals surface area contributed by atoms with E-state index >= 15 is 0 Å². The van der Waals surface area contributed by atoms with E-state index < -0.39 is 0 Å². The molecule has 0 spiro atoms. The van der Waals surface area contributed by atoms with E-state index in [0.717, 1.165) is 33.5 Å². The van der Waals surface area contributed by atoms with Gasteiger partial charge in [0.05, 0.1) is 22.2 Å². The Balaban J connectivity index is 1.29. The van der Waals surface area contributed by atoms with Crippen molar-refractivity contribution in [2.45, 2.75) is 105 Å². The Morgan fingerprint density at radius 3 is 1.35 bits per heavy atom. The Morgan fingerprint density at radius 2 is 0.862 bits per heavy atom. The van der Waals surface area contributed by atoms with Crippen LogP contribution in [0.5, 0.6) is 0 Å². The van der Waals surface area contributed by atoms with E-state index in [-0.39, 0.29) is 28.4 Å². The number of hydrogen-bond donors (Lipinski definition) is 0. The van der Waals surface area contributed by atoms with Crippen LogP contribution in [0.1, 0.15) is 105 Å². The fraction of sp³-hybridized carbons (Fsp3) is 0.267. The van der Waals surface area contributed by atoms with Gasteiger partial charge in [-0.3, -0.25) is 0 Å². The molecule has 2 aliphatic heterocycles. The zero-order valence-electron chi connectivity index (χ0n) is 40.0. The molecule has 2 aliphatic rings. The van der Waals surface area contributed by atoms with Crippen molar-refractivity contribution in [2.24, 2.45) is 0 Å². The van der Waals surface area contributed by atoms with Crippen LogP contribution in [0, 0.1) is 0 Å². The summed E-state index contributed by atoms with van der Waals surface area (Å²) in [7, 11) is 0. The minimum Gasteiger partial charge on any atom is -0.310 e. The topological polar surface area (TPSA) is 35.6 Å². The molecular weight excluding hydrogens is 787 g/mol. The first-order valence-corrected chi connectivity index (χ1v) is 23.5. The molecule has 0 saturated heterocycles. The predicted molar refractivity (Wildman–Crippen MR) is 279 cm³/mol. The minimum absolute atomic E-state index is 0.00107. The summed E-state index contributed by atoms with van der Waals surface area (Å²) in [6.45, 7) is 28.2. The second kappa shape index (κ2) is 13.1. The van der Waals surface area contributed by atoms with Crippen LogP contribution in [0.4, 0.5) is 0 Å². The predicted octanol–water partition coefficient (Wildman–Crippen LogP) is 13.5. The number of hydrogen-bond acceptors (Lipinski definition) is 2. The van der Waals surface area contributed by atoms with Gasteiger partial charge in [-0.15, -0.1) is 0 Å². The highest BCUT2D eigenvalue weighted by Gasteiger charge is 2.43. The van der Waals surface area contributed by atoms with Gasteiger partial charge >= 0.3 is 0 Å². The maximum Gasteiger partial charge on any atom is 0.252 e. The van der Waals surface area contributed by atoms with Gasteiger partial charge in [-0.2, -0.15) is 0 Å². The molecule has 0 N–H and O–H groups in total. The molecule has 0 unspecified atom stereocenters. The van der Waals surface area contributed by atoms with Gasteiger partial charge in [-0.1, -0.05) is 156 Å². The molecule has 5 heterocycles. The summed E-state index contributed by atoms with van der Waals surface area (Å²) in [5.74, 6) is 0.728. The maximum absolute atomic E-state index is 5.51. The molecule has 3 aromatic heterocycles. The van der Waals surface area contributed by atoms with Crippen LogP contribution in [0.15, 0.2) is 127 Å². The van der Waals surface area contributed by atoms with Gasteiger partial charge < -0.3 is 9.13 Å². The molecule has 7 aromatic carbocycles. The summed E-state index contributed by atoms with van der Waals surface area (Å²) in [5.41, 5.74) is 20.8. The van der Waals surface area contributed by atoms with E-state index in [1.807, 2.05) is 0 Å². The zero-order chi connectivity index (χ0) is 45.3. The van der Waals surface area contributed by atoms with Crippen LogP contribution in [0.2, 0.25) is 0 Å².